The number of ether oxygens (including phenoxy) is 5. The SMILES string of the molecule is CCC(C)C(=O)OC1(COc2c(-c3ccc4c(c3)COC4=O)ccc(OC)c2OC)CC1. The van der Waals surface area contributed by atoms with Gasteiger partial charge < -0.3 is 23.7 Å². The van der Waals surface area contributed by atoms with Crippen LogP contribution in [-0.4, -0.2) is 38.4 Å². The Morgan fingerprint density at radius 2 is 1.84 bits per heavy atom. The van der Waals surface area contributed by atoms with Gasteiger partial charge in [0.25, 0.3) is 0 Å². The molecule has 7 heteroatoms. The predicted octanol–water partition coefficient (Wildman–Crippen LogP) is 4.54. The molecule has 1 saturated carbocycles. The van der Waals surface area contributed by atoms with E-state index in [9.17, 15) is 9.59 Å². The van der Waals surface area contributed by atoms with Crippen LogP contribution in [0.1, 0.15) is 49.0 Å². The number of fused-ring (bicyclic) bond motifs is 1. The van der Waals surface area contributed by atoms with Crippen LogP contribution in [0.25, 0.3) is 11.1 Å². The lowest BCUT2D eigenvalue weighted by Crippen LogP contribution is -2.29. The molecule has 0 N–H and O–H groups in total. The van der Waals surface area contributed by atoms with Crippen LogP contribution in [0.2, 0.25) is 0 Å². The van der Waals surface area contributed by atoms with Crippen molar-refractivity contribution in [2.45, 2.75) is 45.3 Å². The average molecular weight is 440 g/mol. The molecule has 2 aromatic rings. The number of esters is 2. The summed E-state index contributed by atoms with van der Waals surface area (Å²) in [5.41, 5.74) is 2.44. The number of benzene rings is 2. The summed E-state index contributed by atoms with van der Waals surface area (Å²) < 4.78 is 28.3. The second kappa shape index (κ2) is 8.73. The van der Waals surface area contributed by atoms with Gasteiger partial charge in [0.1, 0.15) is 18.8 Å². The first-order chi connectivity index (χ1) is 15.4. The number of methoxy groups -OCH3 is 2. The van der Waals surface area contributed by atoms with E-state index in [0.717, 1.165) is 36.0 Å². The van der Waals surface area contributed by atoms with E-state index in [1.54, 1.807) is 20.3 Å². The molecule has 0 radical (unpaired) electrons. The zero-order chi connectivity index (χ0) is 22.9. The van der Waals surface area contributed by atoms with Gasteiger partial charge in [-0.25, -0.2) is 4.79 Å². The Kier molecular flexibility index (Phi) is 6.00. The van der Waals surface area contributed by atoms with Gasteiger partial charge in [-0.2, -0.15) is 0 Å². The van der Waals surface area contributed by atoms with Gasteiger partial charge in [-0.3, -0.25) is 4.79 Å². The quantitative estimate of drug-likeness (QED) is 0.530. The van der Waals surface area contributed by atoms with Crippen LogP contribution in [0.4, 0.5) is 0 Å². The average Bonchev–Trinajstić information content (AvgIpc) is 3.48. The van der Waals surface area contributed by atoms with E-state index in [1.165, 1.54) is 0 Å². The standard InChI is InChI=1S/C25H28O7/c1-5-15(2)23(26)32-25(10-11-25)14-31-21-18(8-9-20(28-3)22(21)29-4)16-6-7-19-17(12-16)13-30-24(19)27/h6-9,12,15H,5,10-11,13-14H2,1-4H3. The monoisotopic (exact) mass is 440 g/mol. The third kappa shape index (κ3) is 4.11. The molecule has 7 nitrogen and oxygen atoms in total. The van der Waals surface area contributed by atoms with Crippen molar-refractivity contribution in [3.05, 3.63) is 41.5 Å². The molecule has 1 aliphatic carbocycles. The van der Waals surface area contributed by atoms with E-state index in [4.69, 9.17) is 23.7 Å². The van der Waals surface area contributed by atoms with Crippen molar-refractivity contribution in [1.82, 2.24) is 0 Å². The van der Waals surface area contributed by atoms with Crippen molar-refractivity contribution in [3.63, 3.8) is 0 Å². The third-order valence-electron chi connectivity index (χ3n) is 6.11. The number of carbonyl (C=O) groups excluding carboxylic acids is 2. The minimum Gasteiger partial charge on any atom is -0.493 e. The molecule has 32 heavy (non-hydrogen) atoms. The largest absolute Gasteiger partial charge is 0.493 e. The number of carbonyl (C=O) groups is 2. The van der Waals surface area contributed by atoms with Gasteiger partial charge in [0.15, 0.2) is 11.5 Å². The van der Waals surface area contributed by atoms with E-state index in [0.29, 0.717) is 22.8 Å². The van der Waals surface area contributed by atoms with E-state index in [2.05, 4.69) is 0 Å². The van der Waals surface area contributed by atoms with E-state index in [1.807, 2.05) is 38.1 Å². The van der Waals surface area contributed by atoms with Crippen LogP contribution >= 0.6 is 0 Å². The van der Waals surface area contributed by atoms with E-state index in [-0.39, 0.29) is 31.1 Å². The zero-order valence-corrected chi connectivity index (χ0v) is 18.9. The van der Waals surface area contributed by atoms with Crippen molar-refractivity contribution < 1.29 is 33.3 Å². The number of rotatable bonds is 9. The first-order valence-electron chi connectivity index (χ1n) is 10.8. The van der Waals surface area contributed by atoms with Gasteiger partial charge in [0, 0.05) is 11.1 Å². The summed E-state index contributed by atoms with van der Waals surface area (Å²) in [6.07, 6.45) is 2.25. The molecule has 1 aliphatic heterocycles. The molecule has 1 unspecified atom stereocenters. The van der Waals surface area contributed by atoms with Crippen molar-refractivity contribution >= 4 is 11.9 Å². The second-order valence-electron chi connectivity index (χ2n) is 8.33. The van der Waals surface area contributed by atoms with E-state index < -0.39 is 5.60 Å². The summed E-state index contributed by atoms with van der Waals surface area (Å²) in [6.45, 7) is 4.30. The number of hydrogen-bond donors (Lipinski definition) is 0. The Bertz CT molecular complexity index is 1040. The fourth-order valence-electron chi connectivity index (χ4n) is 3.67. The van der Waals surface area contributed by atoms with Crippen LogP contribution in [0.5, 0.6) is 17.2 Å². The molecule has 0 amide bonds. The maximum Gasteiger partial charge on any atom is 0.338 e. The molecule has 0 bridgehead atoms. The minimum absolute atomic E-state index is 0.147. The molecule has 4 rings (SSSR count). The first kappa shape index (κ1) is 22.0. The van der Waals surface area contributed by atoms with Gasteiger partial charge in [-0.05, 0) is 49.1 Å². The van der Waals surface area contributed by atoms with Gasteiger partial charge in [-0.1, -0.05) is 19.9 Å². The Labute approximate surface area is 187 Å². The van der Waals surface area contributed by atoms with Gasteiger partial charge in [0.05, 0.1) is 25.7 Å². The molecule has 0 spiro atoms. The van der Waals surface area contributed by atoms with Gasteiger partial charge >= 0.3 is 11.9 Å². The Hall–Kier alpha value is -3.22. The molecule has 0 aromatic heterocycles. The minimum atomic E-state index is -0.607. The highest BCUT2D eigenvalue weighted by molar-refractivity contribution is 5.94. The van der Waals surface area contributed by atoms with Crippen molar-refractivity contribution in [3.8, 4) is 28.4 Å². The smallest absolute Gasteiger partial charge is 0.338 e. The molecular weight excluding hydrogens is 412 g/mol. The number of hydrogen-bond acceptors (Lipinski definition) is 7. The summed E-state index contributed by atoms with van der Waals surface area (Å²) in [7, 11) is 3.12. The summed E-state index contributed by atoms with van der Waals surface area (Å²) in [6, 6.07) is 9.24. The molecule has 0 saturated heterocycles. The summed E-state index contributed by atoms with van der Waals surface area (Å²) in [4.78, 5) is 24.1. The Balaban J connectivity index is 1.65. The van der Waals surface area contributed by atoms with Crippen molar-refractivity contribution in [1.29, 1.82) is 0 Å². The lowest BCUT2D eigenvalue weighted by atomic mass is 9.99. The molecule has 1 fully saturated rings. The first-order valence-corrected chi connectivity index (χ1v) is 10.8. The van der Waals surface area contributed by atoms with Crippen LogP contribution in [0.3, 0.4) is 0 Å². The fraction of sp³-hybridized carbons (Fsp3) is 0.440. The topological polar surface area (TPSA) is 80.3 Å². The predicted molar refractivity (Wildman–Crippen MR) is 117 cm³/mol. The molecule has 2 aromatic carbocycles. The summed E-state index contributed by atoms with van der Waals surface area (Å²) in [5.74, 6) is 0.840. The molecule has 1 heterocycles. The lowest BCUT2D eigenvalue weighted by molar-refractivity contribution is -0.157. The van der Waals surface area contributed by atoms with Crippen LogP contribution in [-0.2, 0) is 20.9 Å². The van der Waals surface area contributed by atoms with Gasteiger partial charge in [-0.15, -0.1) is 0 Å². The van der Waals surface area contributed by atoms with Crippen LogP contribution < -0.4 is 14.2 Å². The molecular formula is C25H28O7. The molecule has 1 atom stereocenters. The maximum atomic E-state index is 12.3. The highest BCUT2D eigenvalue weighted by atomic mass is 16.6. The molecule has 2 aliphatic rings. The number of cyclic esters (lactones) is 1. The second-order valence-corrected chi connectivity index (χ2v) is 8.33. The zero-order valence-electron chi connectivity index (χ0n) is 18.9. The molecule has 170 valence electrons. The highest BCUT2D eigenvalue weighted by Crippen LogP contribution is 2.47. The van der Waals surface area contributed by atoms with Gasteiger partial charge in [0.2, 0.25) is 5.75 Å². The van der Waals surface area contributed by atoms with Crippen LogP contribution in [0.15, 0.2) is 30.3 Å². The van der Waals surface area contributed by atoms with Crippen LogP contribution in [0, 0.1) is 5.92 Å². The summed E-state index contributed by atoms with van der Waals surface area (Å²) in [5, 5.41) is 0. The normalized spacial score (nSPS) is 16.6. The Morgan fingerprint density at radius 3 is 2.50 bits per heavy atom. The van der Waals surface area contributed by atoms with Crippen molar-refractivity contribution in [2.24, 2.45) is 5.92 Å². The van der Waals surface area contributed by atoms with Crippen molar-refractivity contribution in [2.75, 3.05) is 20.8 Å². The van der Waals surface area contributed by atoms with E-state index >= 15 is 0 Å². The Morgan fingerprint density at radius 1 is 1.09 bits per heavy atom. The lowest BCUT2D eigenvalue weighted by Gasteiger charge is -2.22. The maximum absolute atomic E-state index is 12.3. The summed E-state index contributed by atoms with van der Waals surface area (Å²) >= 11 is 0. The third-order valence-corrected chi connectivity index (χ3v) is 6.11. The highest BCUT2D eigenvalue weighted by Gasteiger charge is 2.48. The fourth-order valence-corrected chi connectivity index (χ4v) is 3.67.